The van der Waals surface area contributed by atoms with Crippen LogP contribution in [0.2, 0.25) is 0 Å². The highest BCUT2D eigenvalue weighted by atomic mass is 32.2. The fourth-order valence-corrected chi connectivity index (χ4v) is 1.01. The fourth-order valence-electron chi connectivity index (χ4n) is 0.449. The molecule has 0 aromatic heterocycles. The largest absolute Gasteiger partial charge is 0.591 e. The van der Waals surface area contributed by atoms with Crippen LogP contribution in [0.5, 0.6) is 0 Å². The van der Waals surface area contributed by atoms with Gasteiger partial charge in [-0.15, -0.1) is 0 Å². The molecule has 0 radical (unpaired) electrons. The van der Waals surface area contributed by atoms with E-state index in [-0.39, 0.29) is 4.75 Å². The molecule has 0 aliphatic rings. The van der Waals surface area contributed by atoms with Crippen LogP contribution in [0.4, 0.5) is 0 Å². The van der Waals surface area contributed by atoms with Crippen LogP contribution in [0.15, 0.2) is 4.40 Å². The predicted molar refractivity (Wildman–Crippen MR) is 52.9 cm³/mol. The van der Waals surface area contributed by atoms with E-state index >= 15 is 0 Å². The van der Waals surface area contributed by atoms with Gasteiger partial charge in [-0.3, -0.25) is 0 Å². The molecule has 0 aliphatic heterocycles. The lowest BCUT2D eigenvalue weighted by Gasteiger charge is -2.17. The molecule has 0 aromatic rings. The molecule has 0 amide bonds. The zero-order chi connectivity index (χ0) is 9.61. The zero-order valence-corrected chi connectivity index (χ0v) is 8.98. The summed E-state index contributed by atoms with van der Waals surface area (Å²) in [6, 6.07) is 0. The van der Waals surface area contributed by atoms with Crippen molar-refractivity contribution in [3.05, 3.63) is 0 Å². The average Bonchev–Trinajstić information content (AvgIpc) is 1.96. The van der Waals surface area contributed by atoms with Crippen LogP contribution < -0.4 is 0 Å². The minimum absolute atomic E-state index is 0.260. The van der Waals surface area contributed by atoms with Crippen LogP contribution >= 0.6 is 0 Å². The number of rotatable bonds is 4. The molecular weight excluding hydrogens is 174 g/mol. The van der Waals surface area contributed by atoms with Gasteiger partial charge in [-0.05, 0) is 20.8 Å². The standard InChI is InChI=1S/C8H17NO2S/c1-8(2,3)12(10)9-6-5-7-11-4/h6H,5,7H2,1-4H3. The Morgan fingerprint density at radius 2 is 2.08 bits per heavy atom. The summed E-state index contributed by atoms with van der Waals surface area (Å²) >= 11 is -1.13. The molecule has 0 bridgehead atoms. The van der Waals surface area contributed by atoms with Crippen molar-refractivity contribution < 1.29 is 9.29 Å². The van der Waals surface area contributed by atoms with Crippen molar-refractivity contribution in [1.29, 1.82) is 0 Å². The number of methoxy groups -OCH3 is 1. The summed E-state index contributed by atoms with van der Waals surface area (Å²) in [6.45, 7) is 6.33. The molecule has 0 N–H and O–H groups in total. The Morgan fingerprint density at radius 1 is 1.50 bits per heavy atom. The van der Waals surface area contributed by atoms with Crippen LogP contribution in [0, 0.1) is 0 Å². The van der Waals surface area contributed by atoms with Gasteiger partial charge in [0.25, 0.3) is 0 Å². The molecule has 4 heteroatoms. The first-order valence-electron chi connectivity index (χ1n) is 3.92. The molecule has 12 heavy (non-hydrogen) atoms. The lowest BCUT2D eigenvalue weighted by molar-refractivity contribution is 0.208. The van der Waals surface area contributed by atoms with E-state index in [9.17, 15) is 4.55 Å². The number of hydrogen-bond donors (Lipinski definition) is 0. The van der Waals surface area contributed by atoms with E-state index in [1.807, 2.05) is 20.8 Å². The Hall–Kier alpha value is -0.0600. The summed E-state index contributed by atoms with van der Waals surface area (Å²) in [6.07, 6.45) is 2.38. The van der Waals surface area contributed by atoms with Crippen molar-refractivity contribution in [3.63, 3.8) is 0 Å². The second kappa shape index (κ2) is 5.56. The number of nitrogens with zero attached hydrogens (tertiary/aromatic N) is 1. The maximum absolute atomic E-state index is 11.3. The van der Waals surface area contributed by atoms with Crippen molar-refractivity contribution in [1.82, 2.24) is 0 Å². The Morgan fingerprint density at radius 3 is 2.50 bits per heavy atom. The third kappa shape index (κ3) is 5.57. The van der Waals surface area contributed by atoms with Crippen molar-refractivity contribution in [2.45, 2.75) is 31.9 Å². The van der Waals surface area contributed by atoms with Crippen LogP contribution in [-0.4, -0.2) is 29.2 Å². The van der Waals surface area contributed by atoms with E-state index in [4.69, 9.17) is 4.74 Å². The first-order valence-corrected chi connectivity index (χ1v) is 5.02. The van der Waals surface area contributed by atoms with Gasteiger partial charge in [-0.1, -0.05) is 4.40 Å². The lowest BCUT2D eigenvalue weighted by atomic mass is 10.3. The molecule has 0 rings (SSSR count). The quantitative estimate of drug-likeness (QED) is 0.384. The van der Waals surface area contributed by atoms with Gasteiger partial charge >= 0.3 is 0 Å². The highest BCUT2D eigenvalue weighted by Gasteiger charge is 2.25. The fraction of sp³-hybridized carbons (Fsp3) is 0.875. The second-order valence-electron chi connectivity index (χ2n) is 3.43. The van der Waals surface area contributed by atoms with Crippen molar-refractivity contribution in [2.75, 3.05) is 13.7 Å². The smallest absolute Gasteiger partial charge is 0.144 e. The highest BCUT2D eigenvalue weighted by molar-refractivity contribution is 7.91. The van der Waals surface area contributed by atoms with Crippen LogP contribution in [0.25, 0.3) is 0 Å². The third-order valence-corrected chi connectivity index (χ3v) is 2.53. The Kier molecular flexibility index (Phi) is 5.53. The van der Waals surface area contributed by atoms with Gasteiger partial charge < -0.3 is 9.29 Å². The molecule has 0 aliphatic carbocycles. The van der Waals surface area contributed by atoms with Gasteiger partial charge in [-0.25, -0.2) is 0 Å². The topological polar surface area (TPSA) is 44.6 Å². The molecule has 72 valence electrons. The van der Waals surface area contributed by atoms with E-state index in [1.165, 1.54) is 0 Å². The van der Waals surface area contributed by atoms with Gasteiger partial charge in [0, 0.05) is 13.5 Å². The molecule has 0 saturated heterocycles. The zero-order valence-electron chi connectivity index (χ0n) is 8.16. The number of hydrogen-bond acceptors (Lipinski definition) is 3. The molecule has 0 spiro atoms. The molecule has 0 aromatic carbocycles. The molecule has 0 heterocycles. The van der Waals surface area contributed by atoms with Crippen LogP contribution in [-0.2, 0) is 16.1 Å². The minimum atomic E-state index is -1.13. The van der Waals surface area contributed by atoms with Crippen molar-refractivity contribution in [3.8, 4) is 0 Å². The predicted octanol–water partition coefficient (Wildman–Crippen LogP) is 1.56. The lowest BCUT2D eigenvalue weighted by Crippen LogP contribution is -2.25. The maximum Gasteiger partial charge on any atom is 0.144 e. The van der Waals surface area contributed by atoms with E-state index < -0.39 is 11.4 Å². The van der Waals surface area contributed by atoms with E-state index in [0.717, 1.165) is 6.42 Å². The molecule has 0 saturated carbocycles. The first-order chi connectivity index (χ1) is 5.48. The molecule has 3 nitrogen and oxygen atoms in total. The molecule has 1 unspecified atom stereocenters. The minimum Gasteiger partial charge on any atom is -0.591 e. The SMILES string of the molecule is COCCC=N[S+]([O-])C(C)(C)C. The Balaban J connectivity index is 3.68. The molecule has 1 atom stereocenters. The molecule has 0 fully saturated rings. The van der Waals surface area contributed by atoms with Crippen molar-refractivity contribution >= 4 is 17.6 Å². The van der Waals surface area contributed by atoms with Gasteiger partial charge in [0.2, 0.25) is 0 Å². The van der Waals surface area contributed by atoms with Gasteiger partial charge in [0.15, 0.2) is 0 Å². The van der Waals surface area contributed by atoms with Gasteiger partial charge in [0.05, 0.1) is 12.8 Å². The number of ether oxygens (including phenoxy) is 1. The second-order valence-corrected chi connectivity index (χ2v) is 5.36. The summed E-state index contributed by atoms with van der Waals surface area (Å²) in [5.74, 6) is 0. The molecular formula is C8H17NO2S. The summed E-state index contributed by atoms with van der Waals surface area (Å²) < 4.78 is 19.8. The average molecular weight is 191 g/mol. The summed E-state index contributed by atoms with van der Waals surface area (Å²) in [7, 11) is 1.63. The van der Waals surface area contributed by atoms with Crippen LogP contribution in [0.3, 0.4) is 0 Å². The van der Waals surface area contributed by atoms with E-state index in [0.29, 0.717) is 6.61 Å². The van der Waals surface area contributed by atoms with Crippen LogP contribution in [0.1, 0.15) is 27.2 Å². The third-order valence-electron chi connectivity index (χ3n) is 1.15. The summed E-state index contributed by atoms with van der Waals surface area (Å²) in [5.41, 5.74) is 0. The van der Waals surface area contributed by atoms with E-state index in [1.54, 1.807) is 13.3 Å². The van der Waals surface area contributed by atoms with Gasteiger partial charge in [-0.2, -0.15) is 0 Å². The highest BCUT2D eigenvalue weighted by Crippen LogP contribution is 2.16. The maximum atomic E-state index is 11.3. The normalized spacial score (nSPS) is 15.4. The Labute approximate surface area is 77.5 Å². The first kappa shape index (κ1) is 11.9. The summed E-state index contributed by atoms with van der Waals surface area (Å²) in [5, 5.41) is 0. The summed E-state index contributed by atoms with van der Waals surface area (Å²) in [4.78, 5) is 0. The van der Waals surface area contributed by atoms with E-state index in [2.05, 4.69) is 4.40 Å². The van der Waals surface area contributed by atoms with Gasteiger partial charge in [0.1, 0.15) is 16.1 Å². The monoisotopic (exact) mass is 191 g/mol. The Bertz CT molecular complexity index is 142. The van der Waals surface area contributed by atoms with Crippen molar-refractivity contribution in [2.24, 2.45) is 4.40 Å².